The van der Waals surface area contributed by atoms with Crippen molar-refractivity contribution in [2.75, 3.05) is 18.5 Å². The second-order valence-corrected chi connectivity index (χ2v) is 10.9. The smallest absolute Gasteiger partial charge is 0.416 e. The predicted octanol–water partition coefficient (Wildman–Crippen LogP) is 7.48. The van der Waals surface area contributed by atoms with E-state index in [9.17, 15) is 18.0 Å². The Bertz CT molecular complexity index is 1400. The molecule has 3 unspecified atom stereocenters. The minimum atomic E-state index is -4.39. The minimum Gasteiger partial charge on any atom is -0.493 e. The lowest BCUT2D eigenvalue weighted by molar-refractivity contribution is -0.137. The number of carbonyl (C=O) groups is 1. The third-order valence-corrected chi connectivity index (χ3v) is 8.02. The fourth-order valence-electron chi connectivity index (χ4n) is 5.16. The molecule has 2 aliphatic rings. The van der Waals surface area contributed by atoms with Gasteiger partial charge in [0.25, 0.3) is 5.91 Å². The molecule has 0 saturated carbocycles. The van der Waals surface area contributed by atoms with Gasteiger partial charge in [0.15, 0.2) is 0 Å². The first-order valence-corrected chi connectivity index (χ1v) is 13.5. The van der Waals surface area contributed by atoms with E-state index in [2.05, 4.69) is 19.2 Å². The average molecular weight is 679 g/mol. The van der Waals surface area contributed by atoms with Gasteiger partial charge in [0.1, 0.15) is 5.75 Å². The molecule has 5 nitrogen and oxygen atoms in total. The first kappa shape index (κ1) is 31.1. The molecule has 1 amide bonds. The minimum absolute atomic E-state index is 0. The van der Waals surface area contributed by atoms with E-state index in [1.165, 1.54) is 12.1 Å². The molecule has 3 N–H and O–H groups in total. The monoisotopic (exact) mass is 678 g/mol. The van der Waals surface area contributed by atoms with Crippen LogP contribution in [0, 0.1) is 5.92 Å². The van der Waals surface area contributed by atoms with E-state index in [4.69, 9.17) is 15.2 Å². The first-order valence-electron chi connectivity index (χ1n) is 13.5. The SMILES string of the molecule is CC1C(Cc2ccc(NC(=O)C3=Cc4cc(-c5ccc(C(F)(F)F)cc5)ccc4OCC3)cc2)OCCC1(C)N.I. The summed E-state index contributed by atoms with van der Waals surface area (Å²) in [5, 5.41) is 2.97. The van der Waals surface area contributed by atoms with Crippen LogP contribution in [-0.4, -0.2) is 30.8 Å². The van der Waals surface area contributed by atoms with Crippen molar-refractivity contribution in [2.45, 2.75) is 50.9 Å². The summed E-state index contributed by atoms with van der Waals surface area (Å²) in [4.78, 5) is 13.2. The summed E-state index contributed by atoms with van der Waals surface area (Å²) in [6, 6.07) is 18.2. The summed E-state index contributed by atoms with van der Waals surface area (Å²) in [5.41, 5.74) is 9.91. The van der Waals surface area contributed by atoms with E-state index >= 15 is 0 Å². The fraction of sp³-hybridized carbons (Fsp3) is 0.344. The number of alkyl halides is 3. The highest BCUT2D eigenvalue weighted by Gasteiger charge is 2.37. The molecule has 218 valence electrons. The number of fused-ring (bicyclic) bond motifs is 1. The van der Waals surface area contributed by atoms with Crippen LogP contribution in [0.4, 0.5) is 18.9 Å². The maximum Gasteiger partial charge on any atom is 0.416 e. The molecule has 0 aromatic heterocycles. The normalized spacial score (nSPS) is 22.3. The number of hydrogen-bond acceptors (Lipinski definition) is 4. The summed E-state index contributed by atoms with van der Waals surface area (Å²) in [6.45, 7) is 5.20. The molecule has 0 aliphatic carbocycles. The largest absolute Gasteiger partial charge is 0.493 e. The van der Waals surface area contributed by atoms with Crippen LogP contribution in [0.1, 0.15) is 43.4 Å². The number of nitrogens with two attached hydrogens (primary N) is 1. The molecule has 1 fully saturated rings. The summed E-state index contributed by atoms with van der Waals surface area (Å²) < 4.78 is 50.7. The fourth-order valence-corrected chi connectivity index (χ4v) is 5.16. The van der Waals surface area contributed by atoms with E-state index in [0.717, 1.165) is 36.1 Å². The summed E-state index contributed by atoms with van der Waals surface area (Å²) >= 11 is 0. The Morgan fingerprint density at radius 3 is 2.39 bits per heavy atom. The zero-order chi connectivity index (χ0) is 28.5. The van der Waals surface area contributed by atoms with Gasteiger partial charge in [-0.3, -0.25) is 4.79 Å². The van der Waals surface area contributed by atoms with Crippen molar-refractivity contribution in [1.82, 2.24) is 0 Å². The van der Waals surface area contributed by atoms with E-state index < -0.39 is 11.7 Å². The van der Waals surface area contributed by atoms with E-state index in [1.54, 1.807) is 18.2 Å². The van der Waals surface area contributed by atoms with Crippen LogP contribution in [-0.2, 0) is 22.1 Å². The third kappa shape index (κ3) is 7.31. The van der Waals surface area contributed by atoms with Gasteiger partial charge in [-0.2, -0.15) is 13.2 Å². The third-order valence-electron chi connectivity index (χ3n) is 8.02. The van der Waals surface area contributed by atoms with Crippen LogP contribution in [0.15, 0.2) is 72.3 Å². The van der Waals surface area contributed by atoms with Gasteiger partial charge < -0.3 is 20.5 Å². The number of carbonyl (C=O) groups excluding carboxylic acids is 1. The topological polar surface area (TPSA) is 73.6 Å². The van der Waals surface area contributed by atoms with Crippen LogP contribution in [0.25, 0.3) is 17.2 Å². The highest BCUT2D eigenvalue weighted by atomic mass is 127. The maximum absolute atomic E-state index is 13.2. The molecule has 3 aromatic carbocycles. The number of amides is 1. The highest BCUT2D eigenvalue weighted by molar-refractivity contribution is 14.0. The van der Waals surface area contributed by atoms with Gasteiger partial charge in [-0.1, -0.05) is 37.3 Å². The van der Waals surface area contributed by atoms with Crippen molar-refractivity contribution in [3.63, 3.8) is 0 Å². The molecular formula is C32H34F3IN2O3. The van der Waals surface area contributed by atoms with Crippen molar-refractivity contribution in [2.24, 2.45) is 11.7 Å². The molecule has 3 aromatic rings. The number of anilines is 1. The Kier molecular flexibility index (Phi) is 9.50. The lowest BCUT2D eigenvalue weighted by atomic mass is 9.78. The molecular weight excluding hydrogens is 644 g/mol. The Balaban J connectivity index is 0.00000387. The number of halogens is 4. The predicted molar refractivity (Wildman–Crippen MR) is 165 cm³/mol. The zero-order valence-electron chi connectivity index (χ0n) is 23.0. The lowest BCUT2D eigenvalue weighted by Crippen LogP contribution is -2.53. The molecule has 0 bridgehead atoms. The van der Waals surface area contributed by atoms with Crippen LogP contribution in [0.2, 0.25) is 0 Å². The summed E-state index contributed by atoms with van der Waals surface area (Å²) in [5.74, 6) is 0.621. The number of hydrogen-bond donors (Lipinski definition) is 2. The Hall–Kier alpha value is -2.89. The standard InChI is InChI=1S/C32H33F3N2O3.HI/c1-20-29(40-16-14-31(20,2)36)17-21-3-10-27(11-4-21)37-30(38)24-13-15-39-28-12-7-23(18-25(28)19-24)22-5-8-26(9-6-22)32(33,34)35;/h3-12,18-20,29H,13-17,36H2,1-2H3,(H,37,38);1H. The van der Waals surface area contributed by atoms with Crippen LogP contribution in [0.5, 0.6) is 5.75 Å². The van der Waals surface area contributed by atoms with E-state index in [-0.39, 0.29) is 47.4 Å². The van der Waals surface area contributed by atoms with Gasteiger partial charge in [-0.15, -0.1) is 24.0 Å². The average Bonchev–Trinajstić information content (AvgIpc) is 3.14. The maximum atomic E-state index is 13.2. The van der Waals surface area contributed by atoms with Gasteiger partial charge in [-0.05, 0) is 78.9 Å². The second kappa shape index (κ2) is 12.5. The quantitative estimate of drug-likeness (QED) is 0.275. The van der Waals surface area contributed by atoms with Crippen LogP contribution >= 0.6 is 24.0 Å². The zero-order valence-corrected chi connectivity index (χ0v) is 25.3. The Morgan fingerprint density at radius 2 is 1.71 bits per heavy atom. The Morgan fingerprint density at radius 1 is 1.02 bits per heavy atom. The first-order chi connectivity index (χ1) is 19.0. The summed E-state index contributed by atoms with van der Waals surface area (Å²) in [7, 11) is 0. The van der Waals surface area contributed by atoms with Crippen molar-refractivity contribution in [3.05, 3.63) is 89.0 Å². The molecule has 0 spiro atoms. The van der Waals surface area contributed by atoms with Crippen LogP contribution < -0.4 is 15.8 Å². The molecule has 2 aliphatic heterocycles. The summed E-state index contributed by atoms with van der Waals surface area (Å²) in [6.07, 6.45) is -0.540. The number of rotatable bonds is 5. The van der Waals surface area contributed by atoms with Gasteiger partial charge in [0.2, 0.25) is 0 Å². The molecule has 1 saturated heterocycles. The lowest BCUT2D eigenvalue weighted by Gasteiger charge is -2.42. The van der Waals surface area contributed by atoms with Gasteiger partial charge in [0, 0.05) is 41.3 Å². The molecule has 5 rings (SSSR count). The second-order valence-electron chi connectivity index (χ2n) is 10.9. The number of nitrogens with one attached hydrogen (secondary N) is 1. The van der Waals surface area contributed by atoms with Gasteiger partial charge >= 0.3 is 6.18 Å². The molecule has 9 heteroatoms. The Labute approximate surface area is 255 Å². The molecule has 0 radical (unpaired) electrons. The highest BCUT2D eigenvalue weighted by Crippen LogP contribution is 2.34. The van der Waals surface area contributed by atoms with Gasteiger partial charge in [-0.25, -0.2) is 0 Å². The van der Waals surface area contributed by atoms with Crippen molar-refractivity contribution in [1.29, 1.82) is 0 Å². The van der Waals surface area contributed by atoms with Gasteiger partial charge in [0.05, 0.1) is 18.3 Å². The van der Waals surface area contributed by atoms with Crippen molar-refractivity contribution in [3.8, 4) is 16.9 Å². The number of ether oxygens (including phenoxy) is 2. The van der Waals surface area contributed by atoms with Crippen molar-refractivity contribution < 1.29 is 27.4 Å². The van der Waals surface area contributed by atoms with Crippen LogP contribution in [0.3, 0.4) is 0 Å². The molecule has 41 heavy (non-hydrogen) atoms. The van der Waals surface area contributed by atoms with E-state index in [1.807, 2.05) is 30.3 Å². The number of benzene rings is 3. The molecule has 3 atom stereocenters. The van der Waals surface area contributed by atoms with Crippen molar-refractivity contribution >= 4 is 41.6 Å². The molecule has 2 heterocycles. The van der Waals surface area contributed by atoms with E-state index in [0.29, 0.717) is 47.8 Å².